The minimum Gasteiger partial charge on any atom is -0.0622 e. The summed E-state index contributed by atoms with van der Waals surface area (Å²) in [5.74, 6) is 0. The molecule has 2 aromatic rings. The second-order valence-electron chi connectivity index (χ2n) is 2.73. The van der Waals surface area contributed by atoms with Crippen LogP contribution in [-0.4, -0.2) is 0 Å². The first-order chi connectivity index (χ1) is 6.97. The minimum absolute atomic E-state index is 1.28. The molecule has 14 heavy (non-hydrogen) atoms. The number of hydrogen-bond acceptors (Lipinski definition) is 1. The van der Waals surface area contributed by atoms with Crippen LogP contribution in [0.15, 0.2) is 60.7 Å². The molecule has 0 spiro atoms. The van der Waals surface area contributed by atoms with Crippen molar-refractivity contribution in [2.75, 3.05) is 0 Å². The molecule has 0 saturated carbocycles. The van der Waals surface area contributed by atoms with E-state index in [4.69, 9.17) is 0 Å². The molecule has 2 rings (SSSR count). The normalized spacial score (nSPS) is 8.57. The lowest BCUT2D eigenvalue weighted by Crippen LogP contribution is -1.73. The Morgan fingerprint density at radius 3 is 1.14 bits per heavy atom. The van der Waals surface area contributed by atoms with Crippen LogP contribution in [0.3, 0.4) is 0 Å². The van der Waals surface area contributed by atoms with Crippen molar-refractivity contribution in [2.24, 2.45) is 0 Å². The van der Waals surface area contributed by atoms with Crippen molar-refractivity contribution in [2.45, 2.75) is 0 Å². The van der Waals surface area contributed by atoms with Gasteiger partial charge in [-0.15, -0.1) is 0 Å². The summed E-state index contributed by atoms with van der Waals surface area (Å²) in [6.07, 6.45) is 0. The van der Waals surface area contributed by atoms with E-state index < -0.39 is 0 Å². The van der Waals surface area contributed by atoms with Gasteiger partial charge in [0.05, 0.1) is 0 Å². The molecule has 0 aliphatic carbocycles. The van der Waals surface area contributed by atoms with Crippen molar-refractivity contribution in [3.63, 3.8) is 0 Å². The molecule has 0 unspecified atom stereocenters. The van der Waals surface area contributed by atoms with Crippen LogP contribution in [0.5, 0.6) is 0 Å². The Morgan fingerprint density at radius 2 is 0.857 bits per heavy atom. The van der Waals surface area contributed by atoms with Crippen molar-refractivity contribution in [1.29, 1.82) is 0 Å². The Labute approximate surface area is 91.9 Å². The Bertz CT molecular complexity index is 321. The van der Waals surface area contributed by atoms with E-state index in [1.165, 1.54) is 11.1 Å². The maximum absolute atomic E-state index is 3.89. The van der Waals surface area contributed by atoms with Crippen LogP contribution in [-0.2, 0) is 11.8 Å². The zero-order chi connectivity index (χ0) is 10.2. The van der Waals surface area contributed by atoms with E-state index in [9.17, 15) is 0 Å². The molecule has 0 aromatic heterocycles. The van der Waals surface area contributed by atoms with E-state index in [0.29, 0.717) is 0 Å². The molecule has 0 nitrogen and oxygen atoms in total. The van der Waals surface area contributed by atoms with Crippen LogP contribution in [0, 0.1) is 0 Å². The second-order valence-corrected chi connectivity index (χ2v) is 2.73. The highest BCUT2D eigenvalue weighted by molar-refractivity contribution is 7.88. The topological polar surface area (TPSA) is 0 Å². The Hall–Kier alpha value is -1.04. The van der Waals surface area contributed by atoms with Gasteiger partial charge in [0.2, 0.25) is 0 Å². The van der Waals surface area contributed by atoms with Gasteiger partial charge in [-0.25, -0.2) is 0 Å². The molecule has 0 aliphatic heterocycles. The average molecular weight is 218 g/mol. The van der Waals surface area contributed by atoms with E-state index in [0.717, 1.165) is 0 Å². The summed E-state index contributed by atoms with van der Waals surface area (Å²) < 4.78 is 0. The lowest BCUT2D eigenvalue weighted by Gasteiger charge is -1.98. The van der Waals surface area contributed by atoms with E-state index in [1.807, 2.05) is 12.1 Å². The van der Waals surface area contributed by atoms with Gasteiger partial charge in [-0.2, -0.15) is 0 Å². The van der Waals surface area contributed by atoms with Crippen molar-refractivity contribution in [3.8, 4) is 11.1 Å². The average Bonchev–Trinajstić information content (AvgIpc) is 2.34. The first-order valence-electron chi connectivity index (χ1n) is 4.28. The maximum Gasteiger partial charge on any atom is -0.0184 e. The predicted molar refractivity (Wildman–Crippen MR) is 67.6 cm³/mol. The third kappa shape index (κ3) is 3.02. The van der Waals surface area contributed by atoms with Crippen LogP contribution >= 0.6 is 8.02 Å². The number of benzene rings is 2. The fourth-order valence-electron chi connectivity index (χ4n) is 1.26. The second kappa shape index (κ2) is 6.42. The molecule has 0 radical (unpaired) electrons. The fourth-order valence-corrected chi connectivity index (χ4v) is 1.26. The van der Waals surface area contributed by atoms with Gasteiger partial charge in [-0.1, -0.05) is 72.5 Å². The lowest BCUT2D eigenvalue weighted by atomic mass is 10.1. The lowest BCUT2D eigenvalue weighted by molar-refractivity contribution is 1.62. The van der Waals surface area contributed by atoms with Crippen molar-refractivity contribution in [1.82, 2.24) is 0 Å². The molecule has 70 valence electrons. The predicted octanol–water partition coefficient (Wildman–Crippen LogP) is 3.94. The summed E-state index contributed by atoms with van der Waals surface area (Å²) in [6, 6.07) is 20.8. The van der Waals surface area contributed by atoms with Gasteiger partial charge in [0, 0.05) is 0 Å². The van der Waals surface area contributed by atoms with Crippen LogP contribution in [0.25, 0.3) is 11.1 Å². The molecule has 0 amide bonds. The molecule has 0 fully saturated rings. The maximum atomic E-state index is 3.89. The molecule has 0 atom stereocenters. The van der Waals surface area contributed by atoms with Crippen LogP contribution in [0.4, 0.5) is 0 Å². The first-order valence-corrected chi connectivity index (χ1v) is 5.91. The summed E-state index contributed by atoms with van der Waals surface area (Å²) in [4.78, 5) is 0. The van der Waals surface area contributed by atoms with Crippen molar-refractivity contribution in [3.05, 3.63) is 60.7 Å². The Balaban J connectivity index is 0.000000461. The van der Waals surface area contributed by atoms with Gasteiger partial charge in [0.1, 0.15) is 0 Å². The third-order valence-electron chi connectivity index (χ3n) is 1.88. The zero-order valence-electron chi connectivity index (χ0n) is 7.68. The highest BCUT2D eigenvalue weighted by Crippen LogP contribution is 2.17. The van der Waals surface area contributed by atoms with Gasteiger partial charge in [-0.3, -0.25) is 0 Å². The summed E-state index contributed by atoms with van der Waals surface area (Å²) >= 11 is 3.89. The van der Waals surface area contributed by atoms with Gasteiger partial charge < -0.3 is 0 Å². The van der Waals surface area contributed by atoms with Crippen molar-refractivity contribution >= 4 is 19.8 Å². The summed E-state index contributed by atoms with van der Waals surface area (Å²) in [6.45, 7) is 0. The number of rotatable bonds is 1. The zero-order valence-corrected chi connectivity index (χ0v) is 9.50. The minimum atomic E-state index is 1.28. The molecule has 2 heteroatoms. The largest absolute Gasteiger partial charge is 0.0622 e. The molecule has 0 heterocycles. The monoisotopic (exact) mass is 218 g/mol. The smallest absolute Gasteiger partial charge is 0.0184 e. The Kier molecular flexibility index (Phi) is 5.06. The molecular weight excluding hydrogens is 207 g/mol. The van der Waals surface area contributed by atoms with Crippen LogP contribution in [0.1, 0.15) is 0 Å². The summed E-state index contributed by atoms with van der Waals surface area (Å²) in [5.41, 5.74) is 2.55. The SMILES string of the molecule is P=S.c1ccc(-c2ccccc2)cc1. The van der Waals surface area contributed by atoms with E-state index in [-0.39, 0.29) is 0 Å². The fraction of sp³-hybridized carbons (Fsp3) is 0. The van der Waals surface area contributed by atoms with Gasteiger partial charge in [0.15, 0.2) is 0 Å². The van der Waals surface area contributed by atoms with Gasteiger partial charge in [0.25, 0.3) is 0 Å². The molecular formula is C12H11PS. The summed E-state index contributed by atoms with van der Waals surface area (Å²) in [5, 5.41) is 0. The molecule has 0 saturated heterocycles. The van der Waals surface area contributed by atoms with Gasteiger partial charge >= 0.3 is 0 Å². The van der Waals surface area contributed by atoms with Gasteiger partial charge in [-0.05, 0) is 19.1 Å². The molecule has 0 N–H and O–H groups in total. The van der Waals surface area contributed by atoms with Crippen LogP contribution in [0.2, 0.25) is 0 Å². The standard InChI is InChI=1S/C12H10.HPS/c1-3-7-11(8-4-1)12-9-5-2-6-10-12;1-2/h1-10H;1H. The van der Waals surface area contributed by atoms with Crippen molar-refractivity contribution < 1.29 is 0 Å². The Morgan fingerprint density at radius 1 is 0.571 bits per heavy atom. The molecule has 0 bridgehead atoms. The highest BCUT2D eigenvalue weighted by atomic mass is 32.4. The third-order valence-corrected chi connectivity index (χ3v) is 1.88. The first kappa shape index (κ1) is 11.0. The molecule has 2 aromatic carbocycles. The van der Waals surface area contributed by atoms with E-state index in [1.54, 1.807) is 0 Å². The quantitative estimate of drug-likeness (QED) is 0.653. The number of hydrogen-bond donors (Lipinski definition) is 0. The molecule has 0 aliphatic rings. The van der Waals surface area contributed by atoms with E-state index in [2.05, 4.69) is 68.4 Å². The highest BCUT2D eigenvalue weighted by Gasteiger charge is 1.91. The summed E-state index contributed by atoms with van der Waals surface area (Å²) in [7, 11) is 2.56. The van der Waals surface area contributed by atoms with Crippen LogP contribution < -0.4 is 0 Å². The van der Waals surface area contributed by atoms with E-state index >= 15 is 0 Å².